The third kappa shape index (κ3) is 5.16. The van der Waals surface area contributed by atoms with Gasteiger partial charge in [0, 0.05) is 31.5 Å². The molecule has 0 aliphatic carbocycles. The molecule has 25 heavy (non-hydrogen) atoms. The summed E-state index contributed by atoms with van der Waals surface area (Å²) < 4.78 is 2.25. The van der Waals surface area contributed by atoms with E-state index in [2.05, 4.69) is 69.9 Å². The van der Waals surface area contributed by atoms with Gasteiger partial charge in [-0.2, -0.15) is 0 Å². The van der Waals surface area contributed by atoms with Gasteiger partial charge in [-0.15, -0.1) is 0 Å². The van der Waals surface area contributed by atoms with Crippen molar-refractivity contribution in [2.24, 2.45) is 0 Å². The van der Waals surface area contributed by atoms with Gasteiger partial charge in [0.1, 0.15) is 5.82 Å². The van der Waals surface area contributed by atoms with Crippen LogP contribution in [0, 0.1) is 0 Å². The van der Waals surface area contributed by atoms with Crippen molar-refractivity contribution in [3.05, 3.63) is 54.1 Å². The first kappa shape index (κ1) is 18.2. The van der Waals surface area contributed by atoms with Crippen molar-refractivity contribution in [3.63, 3.8) is 0 Å². The quantitative estimate of drug-likeness (QED) is 0.736. The number of aryl methyl sites for hydroxylation is 2. The summed E-state index contributed by atoms with van der Waals surface area (Å²) in [6.45, 7) is 7.78. The zero-order valence-corrected chi connectivity index (χ0v) is 15.8. The molecule has 1 aliphatic rings. The number of nitrogens with zero attached hydrogens (tertiary/aromatic N) is 4. The summed E-state index contributed by atoms with van der Waals surface area (Å²) in [6, 6.07) is 11.5. The molecule has 2 aromatic rings. The van der Waals surface area contributed by atoms with E-state index in [1.165, 1.54) is 56.7 Å². The molecule has 136 valence electrons. The summed E-state index contributed by atoms with van der Waals surface area (Å²) in [7, 11) is 2.26. The van der Waals surface area contributed by atoms with Crippen LogP contribution in [0.15, 0.2) is 42.7 Å². The van der Waals surface area contributed by atoms with Gasteiger partial charge in [0.2, 0.25) is 0 Å². The van der Waals surface area contributed by atoms with Gasteiger partial charge in [0.25, 0.3) is 0 Å². The number of piperidine rings is 1. The Hall–Kier alpha value is -1.65. The first-order valence-corrected chi connectivity index (χ1v) is 9.72. The van der Waals surface area contributed by atoms with Gasteiger partial charge in [0.15, 0.2) is 0 Å². The number of benzene rings is 1. The Balaban J connectivity index is 1.45. The molecule has 3 rings (SSSR count). The van der Waals surface area contributed by atoms with Crippen LogP contribution in [0.5, 0.6) is 0 Å². The van der Waals surface area contributed by atoms with E-state index in [4.69, 9.17) is 0 Å². The van der Waals surface area contributed by atoms with Gasteiger partial charge in [-0.3, -0.25) is 4.90 Å². The lowest BCUT2D eigenvalue weighted by molar-refractivity contribution is 0.108. The minimum absolute atomic E-state index is 0.646. The normalized spacial score (nSPS) is 18.8. The number of rotatable bonds is 8. The smallest absolute Gasteiger partial charge is 0.122 e. The van der Waals surface area contributed by atoms with E-state index in [0.29, 0.717) is 6.04 Å². The Kier molecular flexibility index (Phi) is 6.65. The highest BCUT2D eigenvalue weighted by Crippen LogP contribution is 2.17. The summed E-state index contributed by atoms with van der Waals surface area (Å²) in [5, 5.41) is 0. The number of hydrogen-bond acceptors (Lipinski definition) is 3. The van der Waals surface area contributed by atoms with Crippen molar-refractivity contribution in [2.45, 2.75) is 51.7 Å². The molecule has 1 fully saturated rings. The highest BCUT2D eigenvalue weighted by atomic mass is 15.2. The van der Waals surface area contributed by atoms with Crippen molar-refractivity contribution in [1.82, 2.24) is 19.4 Å². The molecule has 1 saturated heterocycles. The summed E-state index contributed by atoms with van der Waals surface area (Å²) in [5.74, 6) is 1.19. The van der Waals surface area contributed by atoms with Gasteiger partial charge in [0.05, 0.1) is 6.54 Å². The molecular weight excluding hydrogens is 308 g/mol. The Morgan fingerprint density at radius 2 is 2.08 bits per heavy atom. The van der Waals surface area contributed by atoms with Crippen LogP contribution in [0.1, 0.15) is 37.6 Å². The Morgan fingerprint density at radius 1 is 1.24 bits per heavy atom. The molecule has 1 aromatic heterocycles. The summed E-state index contributed by atoms with van der Waals surface area (Å²) in [4.78, 5) is 9.68. The highest BCUT2D eigenvalue weighted by Gasteiger charge is 2.23. The van der Waals surface area contributed by atoms with Crippen LogP contribution in [0.4, 0.5) is 0 Å². The molecule has 0 amide bonds. The average molecular weight is 341 g/mol. The lowest BCUT2D eigenvalue weighted by Gasteiger charge is -2.37. The molecule has 0 radical (unpaired) electrons. The summed E-state index contributed by atoms with van der Waals surface area (Å²) in [6.07, 6.45) is 9.05. The number of imidazole rings is 1. The molecule has 2 heterocycles. The van der Waals surface area contributed by atoms with E-state index in [1.54, 1.807) is 0 Å². The fraction of sp³-hybridized carbons (Fsp3) is 0.571. The van der Waals surface area contributed by atoms with Crippen LogP contribution >= 0.6 is 0 Å². The second kappa shape index (κ2) is 9.16. The molecule has 0 saturated carbocycles. The molecule has 1 atom stereocenters. The topological polar surface area (TPSA) is 24.3 Å². The molecule has 0 unspecified atom stereocenters. The summed E-state index contributed by atoms with van der Waals surface area (Å²) in [5.41, 5.74) is 1.46. The van der Waals surface area contributed by atoms with Gasteiger partial charge in [-0.05, 0) is 58.3 Å². The highest BCUT2D eigenvalue weighted by molar-refractivity contribution is 5.14. The Bertz CT molecular complexity index is 622. The third-order valence-corrected chi connectivity index (χ3v) is 5.42. The van der Waals surface area contributed by atoms with Crippen molar-refractivity contribution < 1.29 is 0 Å². The predicted molar refractivity (Wildman–Crippen MR) is 104 cm³/mol. The van der Waals surface area contributed by atoms with Crippen LogP contribution in [0.25, 0.3) is 0 Å². The monoisotopic (exact) mass is 340 g/mol. The molecule has 0 N–H and O–H groups in total. The van der Waals surface area contributed by atoms with Gasteiger partial charge < -0.3 is 9.47 Å². The zero-order chi connectivity index (χ0) is 17.5. The lowest BCUT2D eigenvalue weighted by Crippen LogP contribution is -2.46. The van der Waals surface area contributed by atoms with Crippen LogP contribution in [-0.2, 0) is 19.5 Å². The zero-order valence-electron chi connectivity index (χ0n) is 15.8. The molecule has 4 heteroatoms. The van der Waals surface area contributed by atoms with Crippen LogP contribution in [0.3, 0.4) is 0 Å². The third-order valence-electron chi connectivity index (χ3n) is 5.42. The minimum atomic E-state index is 0.646. The van der Waals surface area contributed by atoms with E-state index in [9.17, 15) is 0 Å². The fourth-order valence-electron chi connectivity index (χ4n) is 3.88. The maximum Gasteiger partial charge on any atom is 0.122 e. The second-order valence-electron chi connectivity index (χ2n) is 7.23. The fourth-order valence-corrected chi connectivity index (χ4v) is 3.88. The molecule has 1 aromatic carbocycles. The first-order valence-electron chi connectivity index (χ1n) is 9.72. The molecule has 4 nitrogen and oxygen atoms in total. The van der Waals surface area contributed by atoms with Crippen LogP contribution in [0.2, 0.25) is 0 Å². The standard InChI is InChI=1S/C21H32N4/c1-3-25-16-13-22-21(25)18-23(2)20-12-8-15-24(17-20)14-7-11-19-9-5-4-6-10-19/h4-6,9-10,13,16,20H,3,7-8,11-12,14-15,17-18H2,1-2H3/t20-/m1/s1. The average Bonchev–Trinajstić information content (AvgIpc) is 3.10. The van der Waals surface area contributed by atoms with Crippen molar-refractivity contribution in [2.75, 3.05) is 26.7 Å². The maximum atomic E-state index is 4.53. The SMILES string of the molecule is CCn1ccnc1CN(C)[C@@H]1CCCN(CCCc2ccccc2)C1. The van der Waals surface area contributed by atoms with Gasteiger partial charge in [-0.1, -0.05) is 30.3 Å². The van der Waals surface area contributed by atoms with Crippen molar-refractivity contribution >= 4 is 0 Å². The summed E-state index contributed by atoms with van der Waals surface area (Å²) >= 11 is 0. The van der Waals surface area contributed by atoms with Crippen LogP contribution < -0.4 is 0 Å². The Labute approximate surface area is 152 Å². The lowest BCUT2D eigenvalue weighted by atomic mass is 10.0. The first-order chi connectivity index (χ1) is 12.3. The Morgan fingerprint density at radius 3 is 2.88 bits per heavy atom. The van der Waals surface area contributed by atoms with E-state index in [-0.39, 0.29) is 0 Å². The van der Waals surface area contributed by atoms with Gasteiger partial charge >= 0.3 is 0 Å². The van der Waals surface area contributed by atoms with E-state index >= 15 is 0 Å². The minimum Gasteiger partial charge on any atom is -0.334 e. The van der Waals surface area contributed by atoms with Crippen LogP contribution in [-0.4, -0.2) is 52.1 Å². The van der Waals surface area contributed by atoms with Crippen molar-refractivity contribution in [1.29, 1.82) is 0 Å². The second-order valence-corrected chi connectivity index (χ2v) is 7.23. The van der Waals surface area contributed by atoms with Gasteiger partial charge in [-0.25, -0.2) is 4.98 Å². The number of likely N-dealkylation sites (tertiary alicyclic amines) is 1. The van der Waals surface area contributed by atoms with E-state index < -0.39 is 0 Å². The number of aromatic nitrogens is 2. The molecule has 0 bridgehead atoms. The predicted octanol–water partition coefficient (Wildman–Crippen LogP) is 3.43. The molecular formula is C21H32N4. The number of likely N-dealkylation sites (N-methyl/N-ethyl adjacent to an activating group) is 1. The number of hydrogen-bond donors (Lipinski definition) is 0. The molecule has 1 aliphatic heterocycles. The largest absolute Gasteiger partial charge is 0.334 e. The maximum absolute atomic E-state index is 4.53. The van der Waals surface area contributed by atoms with E-state index in [1.807, 2.05) is 6.20 Å². The van der Waals surface area contributed by atoms with E-state index in [0.717, 1.165) is 13.1 Å². The van der Waals surface area contributed by atoms with Crippen molar-refractivity contribution in [3.8, 4) is 0 Å². The molecule has 0 spiro atoms.